The summed E-state index contributed by atoms with van der Waals surface area (Å²) in [6.45, 7) is 5.09. The standard InChI is InChI=1S/C15H17ClFNS/c1-3-18-15(13-9-19-8-10(13)2)6-11-4-5-12(17)7-14(11)16/h4-5,7-9,15,18H,3,6H2,1-2H3. The molecule has 1 aromatic carbocycles. The summed E-state index contributed by atoms with van der Waals surface area (Å²) in [5.41, 5.74) is 3.56. The summed E-state index contributed by atoms with van der Waals surface area (Å²) in [5, 5.41) is 8.28. The van der Waals surface area contributed by atoms with Crippen molar-refractivity contribution in [3.8, 4) is 0 Å². The second-order valence-electron chi connectivity index (χ2n) is 4.56. The van der Waals surface area contributed by atoms with Gasteiger partial charge in [-0.2, -0.15) is 11.3 Å². The summed E-state index contributed by atoms with van der Waals surface area (Å²) in [4.78, 5) is 0. The maximum atomic E-state index is 13.1. The van der Waals surface area contributed by atoms with Gasteiger partial charge in [0.15, 0.2) is 0 Å². The highest BCUT2D eigenvalue weighted by molar-refractivity contribution is 7.08. The van der Waals surface area contributed by atoms with Gasteiger partial charge in [0.1, 0.15) is 5.82 Å². The minimum absolute atomic E-state index is 0.221. The summed E-state index contributed by atoms with van der Waals surface area (Å²) in [6, 6.07) is 4.83. The number of hydrogen-bond acceptors (Lipinski definition) is 2. The number of benzene rings is 1. The van der Waals surface area contributed by atoms with Crippen LogP contribution < -0.4 is 5.32 Å². The zero-order valence-electron chi connectivity index (χ0n) is 11.0. The third-order valence-corrected chi connectivity index (χ3v) is 4.39. The SMILES string of the molecule is CCNC(Cc1ccc(F)cc1Cl)c1cscc1C. The number of rotatable bonds is 5. The van der Waals surface area contributed by atoms with Crippen molar-refractivity contribution in [1.82, 2.24) is 5.32 Å². The van der Waals surface area contributed by atoms with Gasteiger partial charge in [-0.3, -0.25) is 0 Å². The lowest BCUT2D eigenvalue weighted by Crippen LogP contribution is -2.23. The fourth-order valence-electron chi connectivity index (χ4n) is 2.17. The molecule has 2 rings (SSSR count). The molecule has 1 aromatic heterocycles. The van der Waals surface area contributed by atoms with E-state index in [0.717, 1.165) is 18.5 Å². The molecule has 1 atom stereocenters. The fourth-order valence-corrected chi connectivity index (χ4v) is 3.32. The highest BCUT2D eigenvalue weighted by Crippen LogP contribution is 2.28. The molecular formula is C15H17ClFNS. The quantitative estimate of drug-likeness (QED) is 0.840. The fraction of sp³-hybridized carbons (Fsp3) is 0.333. The van der Waals surface area contributed by atoms with E-state index in [1.54, 1.807) is 17.4 Å². The molecule has 0 saturated carbocycles. The van der Waals surface area contributed by atoms with Crippen molar-refractivity contribution in [2.24, 2.45) is 0 Å². The Hall–Kier alpha value is -0.900. The van der Waals surface area contributed by atoms with E-state index in [1.165, 1.54) is 23.3 Å². The zero-order chi connectivity index (χ0) is 13.8. The predicted octanol–water partition coefficient (Wildman–Crippen LogP) is 4.74. The van der Waals surface area contributed by atoms with E-state index >= 15 is 0 Å². The van der Waals surface area contributed by atoms with Crippen LogP contribution in [-0.2, 0) is 6.42 Å². The first kappa shape index (κ1) is 14.5. The largest absolute Gasteiger partial charge is 0.310 e. The lowest BCUT2D eigenvalue weighted by molar-refractivity contribution is 0.548. The number of aryl methyl sites for hydroxylation is 1. The van der Waals surface area contributed by atoms with E-state index in [-0.39, 0.29) is 11.9 Å². The first-order valence-corrected chi connectivity index (χ1v) is 7.64. The molecule has 102 valence electrons. The Morgan fingerprint density at radius 3 is 2.74 bits per heavy atom. The highest BCUT2D eigenvalue weighted by atomic mass is 35.5. The van der Waals surface area contributed by atoms with Gasteiger partial charge in [-0.15, -0.1) is 0 Å². The van der Waals surface area contributed by atoms with Gasteiger partial charge >= 0.3 is 0 Å². The molecule has 1 nitrogen and oxygen atoms in total. The average molecular weight is 298 g/mol. The zero-order valence-corrected chi connectivity index (χ0v) is 12.6. The van der Waals surface area contributed by atoms with Gasteiger partial charge in [-0.1, -0.05) is 24.6 Å². The van der Waals surface area contributed by atoms with Gasteiger partial charge in [-0.25, -0.2) is 4.39 Å². The van der Waals surface area contributed by atoms with Crippen LogP contribution >= 0.6 is 22.9 Å². The third-order valence-electron chi connectivity index (χ3n) is 3.16. The maximum Gasteiger partial charge on any atom is 0.124 e. The third kappa shape index (κ3) is 3.56. The van der Waals surface area contributed by atoms with Crippen LogP contribution in [0.15, 0.2) is 29.0 Å². The minimum atomic E-state index is -0.291. The van der Waals surface area contributed by atoms with E-state index in [9.17, 15) is 4.39 Å². The number of nitrogens with one attached hydrogen (secondary N) is 1. The van der Waals surface area contributed by atoms with Crippen molar-refractivity contribution in [1.29, 1.82) is 0 Å². The summed E-state index contributed by atoms with van der Waals surface area (Å²) in [6.07, 6.45) is 0.768. The molecule has 0 aliphatic heterocycles. The summed E-state index contributed by atoms with van der Waals surface area (Å²) >= 11 is 7.81. The Morgan fingerprint density at radius 2 is 2.16 bits per heavy atom. The van der Waals surface area contributed by atoms with Gasteiger partial charge in [0, 0.05) is 11.1 Å². The van der Waals surface area contributed by atoms with E-state index in [0.29, 0.717) is 5.02 Å². The van der Waals surface area contributed by atoms with Crippen LogP contribution in [0.5, 0.6) is 0 Å². The van der Waals surface area contributed by atoms with E-state index in [1.807, 2.05) is 0 Å². The molecule has 0 aliphatic rings. The van der Waals surface area contributed by atoms with Crippen molar-refractivity contribution in [3.05, 3.63) is 56.5 Å². The topological polar surface area (TPSA) is 12.0 Å². The first-order chi connectivity index (χ1) is 9.11. The Morgan fingerprint density at radius 1 is 1.37 bits per heavy atom. The van der Waals surface area contributed by atoms with E-state index in [2.05, 4.69) is 29.9 Å². The van der Waals surface area contributed by atoms with Gasteiger partial charge in [0.05, 0.1) is 0 Å². The van der Waals surface area contributed by atoms with Crippen LogP contribution in [0.3, 0.4) is 0 Å². The van der Waals surface area contributed by atoms with Crippen LogP contribution in [0.4, 0.5) is 4.39 Å². The van der Waals surface area contributed by atoms with Crippen molar-refractivity contribution < 1.29 is 4.39 Å². The summed E-state index contributed by atoms with van der Waals surface area (Å²) in [7, 11) is 0. The first-order valence-electron chi connectivity index (χ1n) is 6.31. The van der Waals surface area contributed by atoms with E-state index < -0.39 is 0 Å². The molecule has 1 N–H and O–H groups in total. The van der Waals surface area contributed by atoms with Crippen molar-refractivity contribution in [3.63, 3.8) is 0 Å². The Bertz CT molecular complexity index is 553. The Balaban J connectivity index is 2.24. The highest BCUT2D eigenvalue weighted by Gasteiger charge is 2.16. The molecule has 0 saturated heterocycles. The smallest absolute Gasteiger partial charge is 0.124 e. The summed E-state index contributed by atoms with van der Waals surface area (Å²) < 4.78 is 13.1. The molecule has 4 heteroatoms. The number of hydrogen-bond donors (Lipinski definition) is 1. The molecule has 0 amide bonds. The van der Waals surface area contributed by atoms with Crippen LogP contribution in [0.25, 0.3) is 0 Å². The molecule has 1 heterocycles. The Labute approximate surface area is 122 Å². The van der Waals surface area contributed by atoms with Gasteiger partial charge in [0.2, 0.25) is 0 Å². The van der Waals surface area contributed by atoms with Crippen LogP contribution in [0, 0.1) is 12.7 Å². The molecule has 0 radical (unpaired) electrons. The molecule has 2 aromatic rings. The monoisotopic (exact) mass is 297 g/mol. The van der Waals surface area contributed by atoms with Crippen molar-refractivity contribution >= 4 is 22.9 Å². The summed E-state index contributed by atoms with van der Waals surface area (Å²) in [5.74, 6) is -0.291. The second kappa shape index (κ2) is 6.51. The lowest BCUT2D eigenvalue weighted by atomic mass is 9.98. The lowest BCUT2D eigenvalue weighted by Gasteiger charge is -2.19. The van der Waals surface area contributed by atoms with Gasteiger partial charge in [-0.05, 0) is 59.5 Å². The minimum Gasteiger partial charge on any atom is -0.310 e. The van der Waals surface area contributed by atoms with Gasteiger partial charge < -0.3 is 5.32 Å². The molecule has 0 aliphatic carbocycles. The number of likely N-dealkylation sites (N-methyl/N-ethyl adjacent to an activating group) is 1. The molecule has 0 bridgehead atoms. The molecule has 19 heavy (non-hydrogen) atoms. The molecule has 0 spiro atoms. The van der Waals surface area contributed by atoms with Gasteiger partial charge in [0.25, 0.3) is 0 Å². The van der Waals surface area contributed by atoms with Crippen molar-refractivity contribution in [2.45, 2.75) is 26.3 Å². The van der Waals surface area contributed by atoms with Crippen LogP contribution in [0.2, 0.25) is 5.02 Å². The molecule has 0 fully saturated rings. The molecule has 1 unspecified atom stereocenters. The Kier molecular flexibility index (Phi) is 4.97. The normalized spacial score (nSPS) is 12.6. The maximum absolute atomic E-state index is 13.1. The number of halogens is 2. The van der Waals surface area contributed by atoms with Crippen LogP contribution in [-0.4, -0.2) is 6.54 Å². The van der Waals surface area contributed by atoms with Crippen molar-refractivity contribution in [2.75, 3.05) is 6.54 Å². The molecular weight excluding hydrogens is 281 g/mol. The van der Waals surface area contributed by atoms with E-state index in [4.69, 9.17) is 11.6 Å². The van der Waals surface area contributed by atoms with Crippen LogP contribution in [0.1, 0.15) is 29.7 Å². The average Bonchev–Trinajstić information content (AvgIpc) is 2.78. The number of thiophene rings is 1. The predicted molar refractivity (Wildman–Crippen MR) is 80.6 cm³/mol. The second-order valence-corrected chi connectivity index (χ2v) is 5.71.